The maximum atomic E-state index is 5.36. The number of H-pyrrole nitrogens is 1. The lowest BCUT2D eigenvalue weighted by Crippen LogP contribution is -1.95. The highest BCUT2D eigenvalue weighted by atomic mass is 16.5. The molecule has 82 valence electrons. The van der Waals surface area contributed by atoms with E-state index in [2.05, 4.69) is 15.5 Å². The van der Waals surface area contributed by atoms with Gasteiger partial charge in [0.25, 0.3) is 0 Å². The van der Waals surface area contributed by atoms with Gasteiger partial charge >= 0.3 is 0 Å². The predicted molar refractivity (Wildman–Crippen MR) is 62.8 cm³/mol. The van der Waals surface area contributed by atoms with Crippen molar-refractivity contribution in [2.75, 3.05) is 19.0 Å². The fourth-order valence-electron chi connectivity index (χ4n) is 2.13. The first-order valence-corrected chi connectivity index (χ1v) is 5.34. The average Bonchev–Trinajstić information content (AvgIpc) is 2.91. The fourth-order valence-corrected chi connectivity index (χ4v) is 2.13. The number of hydrogen-bond acceptors (Lipinski definition) is 3. The second-order valence-electron chi connectivity index (χ2n) is 3.80. The van der Waals surface area contributed by atoms with Gasteiger partial charge in [0.15, 0.2) is 5.82 Å². The van der Waals surface area contributed by atoms with Gasteiger partial charge in [0, 0.05) is 17.7 Å². The van der Waals surface area contributed by atoms with Gasteiger partial charge in [0.05, 0.1) is 12.8 Å². The first-order valence-electron chi connectivity index (χ1n) is 5.34. The van der Waals surface area contributed by atoms with Crippen molar-refractivity contribution in [2.24, 2.45) is 0 Å². The molecule has 1 aromatic heterocycles. The van der Waals surface area contributed by atoms with E-state index in [4.69, 9.17) is 4.74 Å². The molecule has 0 unspecified atom stereocenters. The molecule has 4 nitrogen and oxygen atoms in total. The summed E-state index contributed by atoms with van der Waals surface area (Å²) >= 11 is 0. The van der Waals surface area contributed by atoms with E-state index in [0.29, 0.717) is 0 Å². The van der Waals surface area contributed by atoms with E-state index in [9.17, 15) is 0 Å². The lowest BCUT2D eigenvalue weighted by atomic mass is 10.1. The average molecular weight is 215 g/mol. The van der Waals surface area contributed by atoms with Crippen LogP contribution in [0.4, 0.5) is 5.82 Å². The Balaban J connectivity index is 2.15. The van der Waals surface area contributed by atoms with Gasteiger partial charge in [0.1, 0.15) is 5.75 Å². The molecule has 2 heterocycles. The summed E-state index contributed by atoms with van der Waals surface area (Å²) in [6.07, 6.45) is 1.01. The summed E-state index contributed by atoms with van der Waals surface area (Å²) in [5.41, 5.74) is 3.39. The van der Waals surface area contributed by atoms with Crippen LogP contribution < -0.4 is 10.1 Å². The monoisotopic (exact) mass is 215 g/mol. The van der Waals surface area contributed by atoms with E-state index >= 15 is 0 Å². The Morgan fingerprint density at radius 1 is 1.31 bits per heavy atom. The second-order valence-corrected chi connectivity index (χ2v) is 3.80. The van der Waals surface area contributed by atoms with Gasteiger partial charge in [-0.15, -0.1) is 0 Å². The van der Waals surface area contributed by atoms with Crippen LogP contribution in [-0.4, -0.2) is 23.9 Å². The van der Waals surface area contributed by atoms with Crippen LogP contribution in [0.15, 0.2) is 24.3 Å². The first-order chi connectivity index (χ1) is 7.90. The quantitative estimate of drug-likeness (QED) is 0.806. The van der Waals surface area contributed by atoms with Gasteiger partial charge < -0.3 is 10.1 Å². The van der Waals surface area contributed by atoms with Crippen molar-refractivity contribution in [3.63, 3.8) is 0 Å². The Hall–Kier alpha value is -1.97. The second kappa shape index (κ2) is 3.56. The molecule has 0 aliphatic carbocycles. The van der Waals surface area contributed by atoms with Crippen LogP contribution in [0.25, 0.3) is 11.3 Å². The third kappa shape index (κ3) is 1.26. The normalized spacial score (nSPS) is 13.3. The van der Waals surface area contributed by atoms with Crippen molar-refractivity contribution < 1.29 is 4.74 Å². The van der Waals surface area contributed by atoms with E-state index in [-0.39, 0.29) is 0 Å². The van der Waals surface area contributed by atoms with Crippen molar-refractivity contribution in [3.05, 3.63) is 29.8 Å². The molecule has 1 aromatic carbocycles. The summed E-state index contributed by atoms with van der Waals surface area (Å²) in [5.74, 6) is 1.85. The summed E-state index contributed by atoms with van der Waals surface area (Å²) in [5, 5.41) is 10.6. The molecule has 3 rings (SSSR count). The molecule has 0 bridgehead atoms. The zero-order valence-electron chi connectivity index (χ0n) is 9.08. The topological polar surface area (TPSA) is 49.9 Å². The van der Waals surface area contributed by atoms with E-state index in [1.54, 1.807) is 7.11 Å². The summed E-state index contributed by atoms with van der Waals surface area (Å²) in [6, 6.07) is 7.99. The standard InChI is InChI=1S/C12H13N3O/c1-16-10-5-3-2-4-8(10)11-9-6-7-13-12(9)15-14-11/h2-5H,6-7H2,1H3,(H2,13,14,15). The molecular weight excluding hydrogens is 202 g/mol. The van der Waals surface area contributed by atoms with Gasteiger partial charge in [-0.3, -0.25) is 5.10 Å². The number of anilines is 1. The van der Waals surface area contributed by atoms with Crippen LogP contribution in [-0.2, 0) is 6.42 Å². The number of aromatic nitrogens is 2. The summed E-state index contributed by atoms with van der Waals surface area (Å²) in [6.45, 7) is 0.967. The number of nitrogens with one attached hydrogen (secondary N) is 2. The largest absolute Gasteiger partial charge is 0.496 e. The molecule has 0 radical (unpaired) electrons. The summed E-state index contributed by atoms with van der Waals surface area (Å²) < 4.78 is 5.36. The number of rotatable bonds is 2. The van der Waals surface area contributed by atoms with Crippen LogP contribution in [0.3, 0.4) is 0 Å². The molecule has 0 saturated heterocycles. The van der Waals surface area contributed by atoms with Crippen molar-refractivity contribution in [2.45, 2.75) is 6.42 Å². The lowest BCUT2D eigenvalue weighted by molar-refractivity contribution is 0.416. The van der Waals surface area contributed by atoms with Crippen LogP contribution in [0.2, 0.25) is 0 Å². The number of ether oxygens (including phenoxy) is 1. The van der Waals surface area contributed by atoms with Gasteiger partial charge in [-0.2, -0.15) is 5.10 Å². The van der Waals surface area contributed by atoms with E-state index in [0.717, 1.165) is 35.8 Å². The van der Waals surface area contributed by atoms with Crippen molar-refractivity contribution in [1.29, 1.82) is 0 Å². The zero-order chi connectivity index (χ0) is 11.0. The molecule has 0 saturated carbocycles. The fraction of sp³-hybridized carbons (Fsp3) is 0.250. The van der Waals surface area contributed by atoms with Gasteiger partial charge in [0.2, 0.25) is 0 Å². The maximum Gasteiger partial charge on any atom is 0.151 e. The molecule has 0 atom stereocenters. The predicted octanol–water partition coefficient (Wildman–Crippen LogP) is 2.05. The SMILES string of the molecule is COc1ccccc1-c1[nH]nc2c1CCN2. The van der Waals surface area contributed by atoms with Crippen molar-refractivity contribution in [1.82, 2.24) is 10.2 Å². The number of benzene rings is 1. The van der Waals surface area contributed by atoms with Crippen molar-refractivity contribution in [3.8, 4) is 17.0 Å². The Morgan fingerprint density at radius 2 is 2.19 bits per heavy atom. The highest BCUT2D eigenvalue weighted by Crippen LogP contribution is 2.35. The third-order valence-electron chi connectivity index (χ3n) is 2.91. The maximum absolute atomic E-state index is 5.36. The first kappa shape index (κ1) is 9.27. The van der Waals surface area contributed by atoms with Gasteiger partial charge in [-0.25, -0.2) is 0 Å². The molecule has 0 amide bonds. The number of aromatic amines is 1. The molecule has 16 heavy (non-hydrogen) atoms. The molecule has 1 aliphatic heterocycles. The summed E-state index contributed by atoms with van der Waals surface area (Å²) in [7, 11) is 1.69. The number of methoxy groups -OCH3 is 1. The Kier molecular flexibility index (Phi) is 2.06. The minimum absolute atomic E-state index is 0.876. The molecule has 2 N–H and O–H groups in total. The molecule has 0 spiro atoms. The van der Waals surface area contributed by atoms with E-state index in [1.807, 2.05) is 24.3 Å². The number of fused-ring (bicyclic) bond motifs is 1. The van der Waals surface area contributed by atoms with Crippen LogP contribution in [0, 0.1) is 0 Å². The molecule has 4 heteroatoms. The molecule has 0 fully saturated rings. The third-order valence-corrected chi connectivity index (χ3v) is 2.91. The molecular formula is C12H13N3O. The summed E-state index contributed by atoms with van der Waals surface area (Å²) in [4.78, 5) is 0. The van der Waals surface area contributed by atoms with Crippen LogP contribution >= 0.6 is 0 Å². The van der Waals surface area contributed by atoms with Crippen LogP contribution in [0.5, 0.6) is 5.75 Å². The van der Waals surface area contributed by atoms with Crippen molar-refractivity contribution >= 4 is 5.82 Å². The smallest absolute Gasteiger partial charge is 0.151 e. The minimum Gasteiger partial charge on any atom is -0.496 e. The highest BCUT2D eigenvalue weighted by molar-refractivity contribution is 5.75. The molecule has 2 aromatic rings. The van der Waals surface area contributed by atoms with E-state index < -0.39 is 0 Å². The Morgan fingerprint density at radius 3 is 3.06 bits per heavy atom. The molecule has 1 aliphatic rings. The van der Waals surface area contributed by atoms with Gasteiger partial charge in [-0.05, 0) is 18.6 Å². The Labute approximate surface area is 93.6 Å². The number of para-hydroxylation sites is 1. The Bertz CT molecular complexity index is 519. The van der Waals surface area contributed by atoms with Gasteiger partial charge in [-0.1, -0.05) is 12.1 Å². The minimum atomic E-state index is 0.876. The number of hydrogen-bond donors (Lipinski definition) is 2. The van der Waals surface area contributed by atoms with Crippen LogP contribution in [0.1, 0.15) is 5.56 Å². The highest BCUT2D eigenvalue weighted by Gasteiger charge is 2.20. The van der Waals surface area contributed by atoms with E-state index in [1.165, 1.54) is 5.56 Å². The lowest BCUT2D eigenvalue weighted by Gasteiger charge is -2.06. The zero-order valence-corrected chi connectivity index (χ0v) is 9.08. The number of nitrogens with zero attached hydrogens (tertiary/aromatic N) is 1.